The zero-order valence-corrected chi connectivity index (χ0v) is 14.1. The second kappa shape index (κ2) is 7.82. The fraction of sp³-hybridized carbons (Fsp3) is 1.00. The van der Waals surface area contributed by atoms with Gasteiger partial charge in [-0.2, -0.15) is 13.2 Å². The molecule has 2 unspecified atom stereocenters. The average Bonchev–Trinajstić information content (AvgIpc) is 2.20. The number of hydrogen-bond donors (Lipinski definition) is 0. The number of halogens is 10. The molecule has 0 saturated heterocycles. The molecule has 0 aliphatic heterocycles. The summed E-state index contributed by atoms with van der Waals surface area (Å²) in [5.74, 6) is -15.8. The molecule has 0 spiro atoms. The molecule has 0 nitrogen and oxygen atoms in total. The monoisotopic (exact) mass is 424 g/mol. The van der Waals surface area contributed by atoms with Gasteiger partial charge in [0.15, 0.2) is 0 Å². The lowest BCUT2D eigenvalue weighted by molar-refractivity contribution is -0.211. The molecule has 0 amide bonds. The van der Waals surface area contributed by atoms with Crippen LogP contribution in [0.15, 0.2) is 0 Å². The van der Waals surface area contributed by atoms with E-state index in [1.807, 2.05) is 0 Å². The minimum Gasteiger partial charge on any atom is -0.207 e. The zero-order chi connectivity index (χ0) is 18.7. The average molecular weight is 425 g/mol. The van der Waals surface area contributed by atoms with E-state index in [-0.39, 0.29) is 12.3 Å². The second-order valence-corrected chi connectivity index (χ2v) is 6.72. The van der Waals surface area contributed by atoms with Gasteiger partial charge in [0.1, 0.15) is 0 Å². The first-order valence-corrected chi connectivity index (χ1v) is 7.86. The third-order valence-electron chi connectivity index (χ3n) is 3.04. The summed E-state index contributed by atoms with van der Waals surface area (Å²) in [6, 6.07) is 0. The maximum Gasteiger partial charge on any atom is 0.392 e. The van der Waals surface area contributed by atoms with Crippen LogP contribution in [-0.2, 0) is 0 Å². The van der Waals surface area contributed by atoms with Gasteiger partial charge in [0.05, 0.1) is 18.8 Å². The SMILES string of the molecule is CC(CBr)CC(CC(F)(F)CC(F)(F)CC(C)(F)F)C(F)(F)F. The van der Waals surface area contributed by atoms with Crippen molar-refractivity contribution in [2.45, 2.75) is 63.5 Å². The van der Waals surface area contributed by atoms with E-state index in [1.165, 1.54) is 6.92 Å². The normalized spacial score (nSPS) is 17.2. The Morgan fingerprint density at radius 3 is 1.65 bits per heavy atom. The summed E-state index contributed by atoms with van der Waals surface area (Å²) in [4.78, 5) is 0. The van der Waals surface area contributed by atoms with Gasteiger partial charge in [-0.3, -0.25) is 0 Å². The van der Waals surface area contributed by atoms with Crippen molar-refractivity contribution in [3.05, 3.63) is 0 Å². The Morgan fingerprint density at radius 1 is 0.826 bits per heavy atom. The van der Waals surface area contributed by atoms with Crippen LogP contribution in [0.5, 0.6) is 0 Å². The van der Waals surface area contributed by atoms with E-state index in [2.05, 4.69) is 15.9 Å². The van der Waals surface area contributed by atoms with Crippen LogP contribution in [0.3, 0.4) is 0 Å². The van der Waals surface area contributed by atoms with Crippen LogP contribution in [0.2, 0.25) is 0 Å². The van der Waals surface area contributed by atoms with Gasteiger partial charge in [0.2, 0.25) is 0 Å². The van der Waals surface area contributed by atoms with Gasteiger partial charge < -0.3 is 0 Å². The Morgan fingerprint density at radius 2 is 1.30 bits per heavy atom. The summed E-state index contributed by atoms with van der Waals surface area (Å²) in [5, 5.41) is 0.128. The van der Waals surface area contributed by atoms with Gasteiger partial charge >= 0.3 is 6.18 Å². The quantitative estimate of drug-likeness (QED) is 0.286. The Balaban J connectivity index is 5.03. The van der Waals surface area contributed by atoms with Gasteiger partial charge in [0.25, 0.3) is 17.8 Å². The van der Waals surface area contributed by atoms with Crippen molar-refractivity contribution in [3.8, 4) is 0 Å². The number of rotatable bonds is 9. The molecule has 140 valence electrons. The number of alkyl halides is 10. The minimum absolute atomic E-state index is 0.128. The highest BCUT2D eigenvalue weighted by atomic mass is 79.9. The van der Waals surface area contributed by atoms with Gasteiger partial charge in [-0.25, -0.2) is 26.3 Å². The van der Waals surface area contributed by atoms with E-state index in [0.29, 0.717) is 0 Å². The number of hydrogen-bond acceptors (Lipinski definition) is 0. The smallest absolute Gasteiger partial charge is 0.207 e. The minimum atomic E-state index is -4.98. The van der Waals surface area contributed by atoms with E-state index >= 15 is 0 Å². The van der Waals surface area contributed by atoms with Crippen LogP contribution in [0, 0.1) is 11.8 Å². The Labute approximate surface area is 136 Å². The largest absolute Gasteiger partial charge is 0.392 e. The molecule has 2 atom stereocenters. The van der Waals surface area contributed by atoms with Gasteiger partial charge in [-0.15, -0.1) is 0 Å². The molecule has 0 aliphatic rings. The summed E-state index contributed by atoms with van der Waals surface area (Å²) in [5.41, 5.74) is 0. The van der Waals surface area contributed by atoms with Crippen LogP contribution in [0.25, 0.3) is 0 Å². The highest BCUT2D eigenvalue weighted by Crippen LogP contribution is 2.44. The predicted molar refractivity (Wildman–Crippen MR) is 71.5 cm³/mol. The van der Waals surface area contributed by atoms with E-state index in [1.54, 1.807) is 0 Å². The van der Waals surface area contributed by atoms with Crippen LogP contribution >= 0.6 is 15.9 Å². The van der Waals surface area contributed by atoms with Crippen LogP contribution in [-0.4, -0.2) is 29.3 Å². The van der Waals surface area contributed by atoms with Crippen LogP contribution < -0.4 is 0 Å². The van der Waals surface area contributed by atoms with Crippen LogP contribution in [0.4, 0.5) is 39.5 Å². The van der Waals surface area contributed by atoms with Crippen molar-refractivity contribution >= 4 is 15.9 Å². The van der Waals surface area contributed by atoms with E-state index in [4.69, 9.17) is 0 Å². The summed E-state index contributed by atoms with van der Waals surface area (Å²) in [6.07, 6.45) is -12.0. The van der Waals surface area contributed by atoms with Crippen molar-refractivity contribution in [1.82, 2.24) is 0 Å². The second-order valence-electron chi connectivity index (χ2n) is 6.07. The summed E-state index contributed by atoms with van der Waals surface area (Å²) < 4.78 is 117. The lowest BCUT2D eigenvalue weighted by Gasteiger charge is -2.30. The lowest BCUT2D eigenvalue weighted by Crippen LogP contribution is -2.38. The molecule has 0 bridgehead atoms. The molecule has 0 fully saturated rings. The van der Waals surface area contributed by atoms with Crippen molar-refractivity contribution in [1.29, 1.82) is 0 Å². The fourth-order valence-corrected chi connectivity index (χ4v) is 2.47. The third-order valence-corrected chi connectivity index (χ3v) is 4.15. The van der Waals surface area contributed by atoms with E-state index in [0.717, 1.165) is 0 Å². The Bertz CT molecular complexity index is 359. The van der Waals surface area contributed by atoms with Crippen molar-refractivity contribution in [2.75, 3.05) is 5.33 Å². The first-order chi connectivity index (χ1) is 9.97. The predicted octanol–water partition coefficient (Wildman–Crippen LogP) is 6.68. The molecular formula is C13H18BrF9. The molecular weight excluding hydrogens is 407 g/mol. The Hall–Kier alpha value is -0.150. The van der Waals surface area contributed by atoms with Gasteiger partial charge in [-0.1, -0.05) is 22.9 Å². The molecule has 23 heavy (non-hydrogen) atoms. The lowest BCUT2D eigenvalue weighted by atomic mass is 9.88. The third kappa shape index (κ3) is 10.3. The molecule has 0 aliphatic carbocycles. The first-order valence-electron chi connectivity index (χ1n) is 6.73. The highest BCUT2D eigenvalue weighted by molar-refractivity contribution is 9.09. The van der Waals surface area contributed by atoms with Crippen molar-refractivity contribution in [2.24, 2.45) is 11.8 Å². The molecule has 0 radical (unpaired) electrons. The molecule has 0 aromatic heterocycles. The summed E-state index contributed by atoms with van der Waals surface area (Å²) >= 11 is 2.91. The first kappa shape index (κ1) is 22.9. The van der Waals surface area contributed by atoms with Gasteiger partial charge in [0, 0.05) is 11.8 Å². The molecule has 10 heteroatoms. The maximum absolute atomic E-state index is 13.6. The van der Waals surface area contributed by atoms with E-state index < -0.39 is 61.5 Å². The summed E-state index contributed by atoms with van der Waals surface area (Å²) in [6.45, 7) is 1.52. The highest BCUT2D eigenvalue weighted by Gasteiger charge is 2.52. The summed E-state index contributed by atoms with van der Waals surface area (Å²) in [7, 11) is 0. The fourth-order valence-electron chi connectivity index (χ4n) is 2.21. The molecule has 0 aromatic rings. The molecule has 0 aromatic carbocycles. The van der Waals surface area contributed by atoms with Crippen molar-refractivity contribution in [3.63, 3.8) is 0 Å². The van der Waals surface area contributed by atoms with Crippen molar-refractivity contribution < 1.29 is 39.5 Å². The van der Waals surface area contributed by atoms with E-state index in [9.17, 15) is 39.5 Å². The topological polar surface area (TPSA) is 0 Å². The van der Waals surface area contributed by atoms with Gasteiger partial charge in [-0.05, 0) is 19.3 Å². The Kier molecular flexibility index (Phi) is 7.77. The standard InChI is InChI=1S/C13H18BrF9/c1-8(5-14)3-9(13(21,22)23)4-11(17,18)7-12(19,20)6-10(2,15)16/h8-9H,3-7H2,1-2H3. The zero-order valence-electron chi connectivity index (χ0n) is 12.5. The molecule has 0 saturated carbocycles. The molecule has 0 N–H and O–H groups in total. The van der Waals surface area contributed by atoms with Crippen LogP contribution in [0.1, 0.15) is 39.5 Å². The molecule has 0 heterocycles. The molecule has 0 rings (SSSR count). The maximum atomic E-state index is 13.6.